The average molecular weight is 290 g/mol. The van der Waals surface area contributed by atoms with Crippen molar-refractivity contribution in [3.63, 3.8) is 0 Å². The Hall–Kier alpha value is -1.51. The summed E-state index contributed by atoms with van der Waals surface area (Å²) in [4.78, 5) is 0. The molecule has 1 N–H and O–H groups in total. The van der Waals surface area contributed by atoms with Crippen LogP contribution in [0.15, 0.2) is 42.5 Å². The Bertz CT molecular complexity index is 564. The van der Waals surface area contributed by atoms with Crippen LogP contribution in [0.3, 0.4) is 0 Å². The van der Waals surface area contributed by atoms with Crippen LogP contribution in [0.1, 0.15) is 25.0 Å². The minimum absolute atomic E-state index is 0.489. The van der Waals surface area contributed by atoms with Gasteiger partial charge in [-0.1, -0.05) is 37.6 Å². The van der Waals surface area contributed by atoms with Crippen molar-refractivity contribution in [2.75, 3.05) is 0 Å². The first-order valence-corrected chi connectivity index (χ1v) is 7.19. The molecule has 0 saturated carbocycles. The Balaban J connectivity index is 2.01. The van der Waals surface area contributed by atoms with Crippen LogP contribution in [0, 0.1) is 6.92 Å². The van der Waals surface area contributed by atoms with Gasteiger partial charge < -0.3 is 10.1 Å². The Morgan fingerprint density at radius 2 is 1.70 bits per heavy atom. The number of hydrogen-bond acceptors (Lipinski definition) is 2. The van der Waals surface area contributed by atoms with E-state index in [1.165, 1.54) is 5.56 Å². The second-order valence-corrected chi connectivity index (χ2v) is 5.60. The molecule has 106 valence electrons. The molecule has 0 aliphatic heterocycles. The maximum absolute atomic E-state index is 6.00. The van der Waals surface area contributed by atoms with Crippen LogP contribution in [0.25, 0.3) is 0 Å². The minimum Gasteiger partial charge on any atom is -0.457 e. The van der Waals surface area contributed by atoms with E-state index in [0.717, 1.165) is 28.6 Å². The van der Waals surface area contributed by atoms with Crippen LogP contribution < -0.4 is 10.1 Å². The van der Waals surface area contributed by atoms with E-state index in [2.05, 4.69) is 31.3 Å². The van der Waals surface area contributed by atoms with Crippen molar-refractivity contribution in [2.45, 2.75) is 33.4 Å². The van der Waals surface area contributed by atoms with E-state index >= 15 is 0 Å². The zero-order valence-electron chi connectivity index (χ0n) is 12.1. The molecule has 0 radical (unpaired) electrons. The SMILES string of the molecule is Cc1cc(Oc2ccc(CNC(C)C)cc2)ccc1Cl. The number of ether oxygens (including phenoxy) is 1. The zero-order chi connectivity index (χ0) is 14.5. The second kappa shape index (κ2) is 6.78. The lowest BCUT2D eigenvalue weighted by Gasteiger charge is -2.10. The van der Waals surface area contributed by atoms with Crippen molar-refractivity contribution >= 4 is 11.6 Å². The average Bonchev–Trinajstić information content (AvgIpc) is 2.42. The molecule has 2 aromatic rings. The zero-order valence-corrected chi connectivity index (χ0v) is 12.9. The van der Waals surface area contributed by atoms with Gasteiger partial charge in [0.05, 0.1) is 0 Å². The number of benzene rings is 2. The topological polar surface area (TPSA) is 21.3 Å². The van der Waals surface area contributed by atoms with Gasteiger partial charge >= 0.3 is 0 Å². The summed E-state index contributed by atoms with van der Waals surface area (Å²) in [6, 6.07) is 14.3. The first-order chi connectivity index (χ1) is 9.54. The van der Waals surface area contributed by atoms with Gasteiger partial charge in [-0.3, -0.25) is 0 Å². The first kappa shape index (κ1) is 14.9. The lowest BCUT2D eigenvalue weighted by atomic mass is 10.2. The number of aryl methyl sites for hydroxylation is 1. The van der Waals surface area contributed by atoms with Crippen LogP contribution in [0.2, 0.25) is 5.02 Å². The maximum Gasteiger partial charge on any atom is 0.127 e. The van der Waals surface area contributed by atoms with Crippen LogP contribution in [0.4, 0.5) is 0 Å². The van der Waals surface area contributed by atoms with E-state index in [-0.39, 0.29) is 0 Å². The summed E-state index contributed by atoms with van der Waals surface area (Å²) < 4.78 is 5.82. The van der Waals surface area contributed by atoms with E-state index < -0.39 is 0 Å². The summed E-state index contributed by atoms with van der Waals surface area (Å²) in [6.45, 7) is 7.12. The van der Waals surface area contributed by atoms with E-state index in [1.807, 2.05) is 37.3 Å². The van der Waals surface area contributed by atoms with Gasteiger partial charge in [0.1, 0.15) is 11.5 Å². The molecule has 3 heteroatoms. The molecule has 0 saturated heterocycles. The van der Waals surface area contributed by atoms with Gasteiger partial charge in [0.2, 0.25) is 0 Å². The van der Waals surface area contributed by atoms with Crippen LogP contribution >= 0.6 is 11.6 Å². The van der Waals surface area contributed by atoms with Gasteiger partial charge in [-0.05, 0) is 48.4 Å². The fraction of sp³-hybridized carbons (Fsp3) is 0.294. The third-order valence-corrected chi connectivity index (χ3v) is 3.43. The van der Waals surface area contributed by atoms with Crippen molar-refractivity contribution in [1.29, 1.82) is 0 Å². The second-order valence-electron chi connectivity index (χ2n) is 5.19. The highest BCUT2D eigenvalue weighted by molar-refractivity contribution is 6.31. The number of halogens is 1. The number of hydrogen-bond donors (Lipinski definition) is 1. The molecule has 0 heterocycles. The fourth-order valence-corrected chi connectivity index (χ4v) is 1.93. The molecule has 0 aliphatic rings. The van der Waals surface area contributed by atoms with Crippen LogP contribution in [-0.4, -0.2) is 6.04 Å². The number of rotatable bonds is 5. The summed E-state index contributed by atoms with van der Waals surface area (Å²) in [7, 11) is 0. The molecule has 0 atom stereocenters. The maximum atomic E-state index is 6.00. The fourth-order valence-electron chi connectivity index (χ4n) is 1.81. The molecular weight excluding hydrogens is 270 g/mol. The Morgan fingerprint density at radius 1 is 1.05 bits per heavy atom. The quantitative estimate of drug-likeness (QED) is 0.842. The third-order valence-electron chi connectivity index (χ3n) is 3.00. The molecular formula is C17H20ClNO. The molecule has 0 aliphatic carbocycles. The first-order valence-electron chi connectivity index (χ1n) is 6.81. The highest BCUT2D eigenvalue weighted by Gasteiger charge is 2.01. The predicted octanol–water partition coefficient (Wildman–Crippen LogP) is 4.94. The van der Waals surface area contributed by atoms with Crippen molar-refractivity contribution < 1.29 is 4.74 Å². The summed E-state index contributed by atoms with van der Waals surface area (Å²) >= 11 is 6.00. The monoisotopic (exact) mass is 289 g/mol. The highest BCUT2D eigenvalue weighted by atomic mass is 35.5. The molecule has 0 bridgehead atoms. The standard InChI is InChI=1S/C17H20ClNO/c1-12(2)19-11-14-4-6-15(7-5-14)20-16-8-9-17(18)13(3)10-16/h4-10,12,19H,11H2,1-3H3. The predicted molar refractivity (Wildman–Crippen MR) is 84.7 cm³/mol. The third kappa shape index (κ3) is 4.26. The van der Waals surface area contributed by atoms with E-state index in [4.69, 9.17) is 16.3 Å². The summed E-state index contributed by atoms with van der Waals surface area (Å²) in [5, 5.41) is 4.15. The summed E-state index contributed by atoms with van der Waals surface area (Å²) in [5.74, 6) is 1.64. The van der Waals surface area contributed by atoms with Gasteiger partial charge in [0.25, 0.3) is 0 Å². The molecule has 0 aromatic heterocycles. The van der Waals surface area contributed by atoms with Gasteiger partial charge in [0, 0.05) is 17.6 Å². The van der Waals surface area contributed by atoms with Crippen molar-refractivity contribution in [3.8, 4) is 11.5 Å². The largest absolute Gasteiger partial charge is 0.457 e. The minimum atomic E-state index is 0.489. The van der Waals surface area contributed by atoms with E-state index in [9.17, 15) is 0 Å². The summed E-state index contributed by atoms with van der Waals surface area (Å²) in [6.07, 6.45) is 0. The van der Waals surface area contributed by atoms with Gasteiger partial charge in [-0.25, -0.2) is 0 Å². The van der Waals surface area contributed by atoms with Gasteiger partial charge in [-0.15, -0.1) is 0 Å². The highest BCUT2D eigenvalue weighted by Crippen LogP contribution is 2.26. The van der Waals surface area contributed by atoms with Gasteiger partial charge in [0.15, 0.2) is 0 Å². The van der Waals surface area contributed by atoms with Crippen molar-refractivity contribution in [2.24, 2.45) is 0 Å². The van der Waals surface area contributed by atoms with E-state index in [0.29, 0.717) is 6.04 Å². The van der Waals surface area contributed by atoms with Crippen LogP contribution in [0.5, 0.6) is 11.5 Å². The Morgan fingerprint density at radius 3 is 2.30 bits per heavy atom. The normalized spacial score (nSPS) is 10.8. The van der Waals surface area contributed by atoms with Crippen molar-refractivity contribution in [1.82, 2.24) is 5.32 Å². The lowest BCUT2D eigenvalue weighted by Crippen LogP contribution is -2.21. The smallest absolute Gasteiger partial charge is 0.127 e. The molecule has 0 spiro atoms. The number of nitrogens with one attached hydrogen (secondary N) is 1. The molecule has 2 rings (SSSR count). The van der Waals surface area contributed by atoms with E-state index in [1.54, 1.807) is 0 Å². The molecule has 0 amide bonds. The summed E-state index contributed by atoms with van der Waals surface area (Å²) in [5.41, 5.74) is 2.26. The molecule has 0 unspecified atom stereocenters. The molecule has 20 heavy (non-hydrogen) atoms. The Kier molecular flexibility index (Phi) is 5.05. The van der Waals surface area contributed by atoms with Crippen molar-refractivity contribution in [3.05, 3.63) is 58.6 Å². The molecule has 0 fully saturated rings. The van der Waals surface area contributed by atoms with Gasteiger partial charge in [-0.2, -0.15) is 0 Å². The van der Waals surface area contributed by atoms with Crippen LogP contribution in [-0.2, 0) is 6.54 Å². The molecule has 2 aromatic carbocycles. The molecule has 2 nitrogen and oxygen atoms in total. The lowest BCUT2D eigenvalue weighted by molar-refractivity contribution is 0.482. The Labute approximate surface area is 125 Å².